The van der Waals surface area contributed by atoms with E-state index in [1.54, 1.807) is 19.9 Å². The molecule has 2 aromatic carbocycles. The lowest BCUT2D eigenvalue weighted by Crippen LogP contribution is -2.22. The third kappa shape index (κ3) is 4.60. The van der Waals surface area contributed by atoms with Crippen LogP contribution in [0.25, 0.3) is 0 Å². The average Bonchev–Trinajstić information content (AvgIpc) is 2.63. The Morgan fingerprint density at radius 2 is 1.71 bits per heavy atom. The predicted molar refractivity (Wildman–Crippen MR) is 99.6 cm³/mol. The van der Waals surface area contributed by atoms with Crippen molar-refractivity contribution in [3.05, 3.63) is 72.3 Å². The molecule has 11 heteroatoms. The molecule has 0 saturated carbocycles. The van der Waals surface area contributed by atoms with E-state index < -0.39 is 34.0 Å². The molecule has 0 aliphatic carbocycles. The van der Waals surface area contributed by atoms with Gasteiger partial charge in [0.2, 0.25) is 0 Å². The number of anilines is 1. The number of hydrogen-bond acceptors (Lipinski definition) is 7. The number of amides is 1. The smallest absolute Gasteiger partial charge is 0.338 e. The maximum absolute atomic E-state index is 12.1. The highest BCUT2D eigenvalue weighted by molar-refractivity contribution is 6.32. The number of nitrogens with one attached hydrogen (secondary N) is 1. The number of halogens is 1. The van der Waals surface area contributed by atoms with Gasteiger partial charge >= 0.3 is 5.97 Å². The van der Waals surface area contributed by atoms with Gasteiger partial charge in [0.25, 0.3) is 17.3 Å². The highest BCUT2D eigenvalue weighted by atomic mass is 35.5. The van der Waals surface area contributed by atoms with Crippen molar-refractivity contribution < 1.29 is 24.2 Å². The van der Waals surface area contributed by atoms with Crippen molar-refractivity contribution >= 4 is 40.5 Å². The number of esters is 1. The molecule has 0 fully saturated rings. The van der Waals surface area contributed by atoms with E-state index in [1.165, 1.54) is 12.1 Å². The molecule has 0 aromatic heterocycles. The normalized spacial score (nSPS) is 10.2. The number of carbonyl (C=O) groups excluding carboxylic acids is 2. The number of ether oxygens (including phenoxy) is 1. The summed E-state index contributed by atoms with van der Waals surface area (Å²) in [5.74, 6) is -1.78. The second-order valence-corrected chi connectivity index (χ2v) is 6.11. The van der Waals surface area contributed by atoms with Gasteiger partial charge in [-0.2, -0.15) is 0 Å². The minimum atomic E-state index is -0.981. The van der Waals surface area contributed by atoms with E-state index in [0.29, 0.717) is 5.56 Å². The van der Waals surface area contributed by atoms with Crippen molar-refractivity contribution in [3.63, 3.8) is 0 Å². The van der Waals surface area contributed by atoms with Gasteiger partial charge in [0, 0.05) is 12.1 Å². The maximum Gasteiger partial charge on any atom is 0.338 e. The van der Waals surface area contributed by atoms with Gasteiger partial charge in [0.05, 0.1) is 15.4 Å². The molecule has 0 aliphatic rings. The first kappa shape index (κ1) is 20.8. The first-order chi connectivity index (χ1) is 13.1. The fourth-order valence-electron chi connectivity index (χ4n) is 2.28. The molecule has 1 N–H and O–H groups in total. The number of rotatable bonds is 6. The summed E-state index contributed by atoms with van der Waals surface area (Å²) in [7, 11) is 0. The molecule has 0 aliphatic heterocycles. The topological polar surface area (TPSA) is 142 Å². The molecule has 146 valence electrons. The van der Waals surface area contributed by atoms with Crippen molar-refractivity contribution in [2.75, 3.05) is 11.9 Å². The van der Waals surface area contributed by atoms with Crippen molar-refractivity contribution in [3.8, 4) is 0 Å². The van der Waals surface area contributed by atoms with E-state index in [0.717, 1.165) is 17.7 Å². The molecule has 0 unspecified atom stereocenters. The number of hydrogen-bond donors (Lipinski definition) is 1. The van der Waals surface area contributed by atoms with E-state index in [9.17, 15) is 29.8 Å². The summed E-state index contributed by atoms with van der Waals surface area (Å²) in [4.78, 5) is 44.7. The number of aryl methyl sites for hydroxylation is 1. The van der Waals surface area contributed by atoms with Crippen LogP contribution >= 0.6 is 11.6 Å². The summed E-state index contributed by atoms with van der Waals surface area (Å²) in [6.07, 6.45) is 0. The SMILES string of the molecule is Cc1ccc([N+](=O)[O-])c(NC(=O)COC(=O)c2ccc(Cl)c([N+](=O)[O-])c2)c1C. The third-order valence-electron chi connectivity index (χ3n) is 3.89. The zero-order valence-corrected chi connectivity index (χ0v) is 15.5. The van der Waals surface area contributed by atoms with E-state index in [-0.39, 0.29) is 22.0 Å². The second kappa shape index (κ2) is 8.44. The van der Waals surface area contributed by atoms with Crippen LogP contribution in [0.2, 0.25) is 5.02 Å². The van der Waals surface area contributed by atoms with Gasteiger partial charge in [-0.3, -0.25) is 25.0 Å². The monoisotopic (exact) mass is 407 g/mol. The van der Waals surface area contributed by atoms with Crippen LogP contribution < -0.4 is 5.32 Å². The number of nitrogens with zero attached hydrogens (tertiary/aromatic N) is 2. The summed E-state index contributed by atoms with van der Waals surface area (Å²) in [5, 5.41) is 24.2. The molecule has 0 atom stereocenters. The zero-order valence-electron chi connectivity index (χ0n) is 14.7. The molecule has 28 heavy (non-hydrogen) atoms. The van der Waals surface area contributed by atoms with Crippen LogP contribution in [-0.4, -0.2) is 28.3 Å². The van der Waals surface area contributed by atoms with Gasteiger partial charge in [-0.1, -0.05) is 17.7 Å². The van der Waals surface area contributed by atoms with Crippen LogP contribution in [0.5, 0.6) is 0 Å². The van der Waals surface area contributed by atoms with Crippen molar-refractivity contribution in [2.45, 2.75) is 13.8 Å². The van der Waals surface area contributed by atoms with Gasteiger partial charge in [-0.05, 0) is 37.1 Å². The van der Waals surface area contributed by atoms with Gasteiger partial charge in [0.1, 0.15) is 10.7 Å². The molecular formula is C17H14ClN3O7. The molecule has 1 amide bonds. The maximum atomic E-state index is 12.1. The summed E-state index contributed by atoms with van der Waals surface area (Å²) in [6, 6.07) is 6.12. The molecule has 0 saturated heterocycles. The first-order valence-corrected chi connectivity index (χ1v) is 8.15. The summed E-state index contributed by atoms with van der Waals surface area (Å²) < 4.78 is 4.82. The molecule has 2 rings (SSSR count). The van der Waals surface area contributed by atoms with E-state index >= 15 is 0 Å². The Kier molecular flexibility index (Phi) is 6.26. The fraction of sp³-hybridized carbons (Fsp3) is 0.176. The summed E-state index contributed by atoms with van der Waals surface area (Å²) in [6.45, 7) is 2.60. The number of nitro groups is 2. The third-order valence-corrected chi connectivity index (χ3v) is 4.21. The van der Waals surface area contributed by atoms with Gasteiger partial charge in [-0.25, -0.2) is 4.79 Å². The van der Waals surface area contributed by atoms with Crippen molar-refractivity contribution in [2.24, 2.45) is 0 Å². The van der Waals surface area contributed by atoms with Gasteiger partial charge < -0.3 is 10.1 Å². The van der Waals surface area contributed by atoms with E-state index in [4.69, 9.17) is 16.3 Å². The van der Waals surface area contributed by atoms with E-state index in [1.807, 2.05) is 0 Å². The Bertz CT molecular complexity index is 991. The second-order valence-electron chi connectivity index (χ2n) is 5.71. The van der Waals surface area contributed by atoms with Crippen LogP contribution in [0, 0.1) is 34.1 Å². The molecule has 0 bridgehead atoms. The molecule has 0 spiro atoms. The zero-order chi connectivity index (χ0) is 21.0. The number of nitro benzene ring substituents is 2. The number of benzene rings is 2. The molecule has 10 nitrogen and oxygen atoms in total. The van der Waals surface area contributed by atoms with Crippen LogP contribution in [0.3, 0.4) is 0 Å². The lowest BCUT2D eigenvalue weighted by atomic mass is 10.1. The standard InChI is InChI=1S/C17H14ClN3O7/c1-9-3-6-13(20(24)25)16(10(9)2)19-15(22)8-28-17(23)11-4-5-12(18)14(7-11)21(26)27/h3-7H,8H2,1-2H3,(H,19,22). The lowest BCUT2D eigenvalue weighted by molar-refractivity contribution is -0.384. The van der Waals surface area contributed by atoms with Crippen LogP contribution in [-0.2, 0) is 9.53 Å². The molecule has 2 aromatic rings. The van der Waals surface area contributed by atoms with Crippen LogP contribution in [0.15, 0.2) is 30.3 Å². The Hall–Kier alpha value is -3.53. The van der Waals surface area contributed by atoms with Crippen molar-refractivity contribution in [1.29, 1.82) is 0 Å². The average molecular weight is 408 g/mol. The largest absolute Gasteiger partial charge is 0.452 e. The first-order valence-electron chi connectivity index (χ1n) is 7.77. The molecular weight excluding hydrogens is 394 g/mol. The Labute approximate surface area is 163 Å². The molecule has 0 heterocycles. The minimum Gasteiger partial charge on any atom is -0.452 e. The van der Waals surface area contributed by atoms with Crippen molar-refractivity contribution in [1.82, 2.24) is 0 Å². The van der Waals surface area contributed by atoms with Crippen LogP contribution in [0.4, 0.5) is 17.1 Å². The predicted octanol–water partition coefficient (Wildman–Crippen LogP) is 3.57. The summed E-state index contributed by atoms with van der Waals surface area (Å²) >= 11 is 5.67. The minimum absolute atomic E-state index is 0.00757. The lowest BCUT2D eigenvalue weighted by Gasteiger charge is -2.11. The highest BCUT2D eigenvalue weighted by Gasteiger charge is 2.21. The Morgan fingerprint density at radius 1 is 1.07 bits per heavy atom. The van der Waals surface area contributed by atoms with E-state index in [2.05, 4.69) is 5.32 Å². The van der Waals surface area contributed by atoms with Gasteiger partial charge in [-0.15, -0.1) is 0 Å². The number of carbonyl (C=O) groups is 2. The Morgan fingerprint density at radius 3 is 2.32 bits per heavy atom. The Balaban J connectivity index is 2.11. The highest BCUT2D eigenvalue weighted by Crippen LogP contribution is 2.30. The fourth-order valence-corrected chi connectivity index (χ4v) is 2.47. The van der Waals surface area contributed by atoms with Gasteiger partial charge in [0.15, 0.2) is 6.61 Å². The summed E-state index contributed by atoms with van der Waals surface area (Å²) in [5.41, 5.74) is 0.297. The molecule has 0 radical (unpaired) electrons. The quantitative estimate of drug-likeness (QED) is 0.438. The van der Waals surface area contributed by atoms with Crippen LogP contribution in [0.1, 0.15) is 21.5 Å².